The van der Waals surface area contributed by atoms with Crippen molar-refractivity contribution in [3.05, 3.63) is 40.5 Å². The lowest BCUT2D eigenvalue weighted by Crippen LogP contribution is -2.51. The number of methoxy groups -OCH3 is 3. The van der Waals surface area contributed by atoms with Crippen LogP contribution in [-0.2, 0) is 36.8 Å². The van der Waals surface area contributed by atoms with Crippen molar-refractivity contribution in [3.8, 4) is 28.7 Å². The number of esters is 2. The zero-order valence-corrected chi connectivity index (χ0v) is 21.9. The number of benzene rings is 2. The molecule has 0 saturated carbocycles. The molecule has 3 aliphatic rings. The summed E-state index contributed by atoms with van der Waals surface area (Å²) in [6.07, 6.45) is 1.12. The van der Waals surface area contributed by atoms with E-state index in [-0.39, 0.29) is 36.1 Å². The summed E-state index contributed by atoms with van der Waals surface area (Å²) < 4.78 is 33.4. The lowest BCUT2D eigenvalue weighted by Gasteiger charge is -2.37. The summed E-state index contributed by atoms with van der Waals surface area (Å²) in [5.74, 6) is 0.424. The second-order valence-corrected chi connectivity index (χ2v) is 10.5. The second-order valence-electron chi connectivity index (χ2n) is 9.05. The maximum atomic E-state index is 13.6. The third-order valence-electron chi connectivity index (χ3n) is 6.94. The summed E-state index contributed by atoms with van der Waals surface area (Å²) in [5, 5.41) is 13.6. The van der Waals surface area contributed by atoms with Crippen molar-refractivity contribution >= 4 is 23.7 Å². The molecule has 1 spiro atoms. The van der Waals surface area contributed by atoms with Crippen LogP contribution in [0.2, 0.25) is 0 Å². The van der Waals surface area contributed by atoms with E-state index in [1.807, 2.05) is 0 Å². The quantitative estimate of drug-likeness (QED) is 0.325. The number of rotatable bonds is 6. The van der Waals surface area contributed by atoms with Gasteiger partial charge in [0.15, 0.2) is 34.7 Å². The maximum Gasteiger partial charge on any atom is 0.341 e. The monoisotopic (exact) mass is 531 g/mol. The first kappa shape index (κ1) is 25.5. The van der Waals surface area contributed by atoms with Gasteiger partial charge < -0.3 is 33.5 Å². The number of hydrogen-bond donors (Lipinski definition) is 2. The Morgan fingerprint density at radius 3 is 2.68 bits per heavy atom. The number of fused-ring (bicyclic) bond motifs is 5. The number of phenolic OH excluding ortho intramolecular Hbond substituents is 1. The van der Waals surface area contributed by atoms with Gasteiger partial charge in [0.2, 0.25) is 0 Å². The Morgan fingerprint density at radius 2 is 1.97 bits per heavy atom. The average molecular weight is 532 g/mol. The summed E-state index contributed by atoms with van der Waals surface area (Å²) >= 11 is 1.46. The molecular formula is C26H29NO9S. The fourth-order valence-electron chi connectivity index (χ4n) is 5.39. The third-order valence-corrected chi connectivity index (χ3v) is 8.62. The average Bonchev–Trinajstić information content (AvgIpc) is 3.17. The Labute approximate surface area is 218 Å². The number of nitrogens with one attached hydrogen (secondary N) is 1. The number of aromatic hydroxyl groups is 1. The van der Waals surface area contributed by atoms with E-state index >= 15 is 0 Å². The lowest BCUT2D eigenvalue weighted by molar-refractivity contribution is -0.148. The van der Waals surface area contributed by atoms with Gasteiger partial charge in [-0.25, -0.2) is 4.79 Å². The minimum absolute atomic E-state index is 0.00891. The highest BCUT2D eigenvalue weighted by Crippen LogP contribution is 2.57. The van der Waals surface area contributed by atoms with Crippen molar-refractivity contribution in [3.63, 3.8) is 0 Å². The standard InChI is InChI=1S/C26H29NO9S/c1-13(28)36-24-15-8-22-16(23(15)20(35-12-31-2)10-21(24)33-4)11-34-25(30)26(37-22)17-9-19(32-3)18(29)7-14(17)5-6-27-26/h7,9-10,16,22,27,29H,5-6,8,11-12H2,1-4H3/t16?,22?,26-/m1/s1. The predicted octanol–water partition coefficient (Wildman–Crippen LogP) is 2.61. The van der Waals surface area contributed by atoms with Gasteiger partial charge in [0.05, 0.1) is 20.8 Å². The Balaban J connectivity index is 1.62. The number of carbonyl (C=O) groups is 2. The molecule has 0 radical (unpaired) electrons. The van der Waals surface area contributed by atoms with Crippen LogP contribution >= 0.6 is 11.8 Å². The largest absolute Gasteiger partial charge is 0.504 e. The van der Waals surface area contributed by atoms with E-state index < -0.39 is 16.8 Å². The van der Waals surface area contributed by atoms with Gasteiger partial charge in [0.1, 0.15) is 5.75 Å². The minimum Gasteiger partial charge on any atom is -0.504 e. The molecule has 2 heterocycles. The topological polar surface area (TPSA) is 122 Å². The van der Waals surface area contributed by atoms with Gasteiger partial charge in [-0.1, -0.05) is 0 Å². The van der Waals surface area contributed by atoms with Gasteiger partial charge in [0.25, 0.3) is 0 Å². The van der Waals surface area contributed by atoms with Crippen LogP contribution in [0.15, 0.2) is 18.2 Å². The van der Waals surface area contributed by atoms with Gasteiger partial charge >= 0.3 is 11.9 Å². The van der Waals surface area contributed by atoms with E-state index in [4.69, 9.17) is 28.4 Å². The Hall–Kier alpha value is -3.15. The van der Waals surface area contributed by atoms with Gasteiger partial charge in [-0.15, -0.1) is 11.8 Å². The number of phenols is 1. The molecule has 1 saturated heterocycles. The Kier molecular flexibility index (Phi) is 6.86. The first-order valence-electron chi connectivity index (χ1n) is 11.9. The van der Waals surface area contributed by atoms with Gasteiger partial charge in [-0.05, 0) is 30.5 Å². The lowest BCUT2D eigenvalue weighted by atomic mass is 9.93. The van der Waals surface area contributed by atoms with Crippen LogP contribution < -0.4 is 24.3 Å². The fourth-order valence-corrected chi connectivity index (χ4v) is 7.13. The number of cyclic esters (lactones) is 1. The number of ether oxygens (including phenoxy) is 6. The van der Waals surface area contributed by atoms with Crippen LogP contribution in [-0.4, -0.2) is 63.6 Å². The first-order valence-corrected chi connectivity index (χ1v) is 12.7. The number of thioether (sulfide) groups is 1. The van der Waals surface area contributed by atoms with Crippen LogP contribution in [0.25, 0.3) is 0 Å². The molecule has 2 aromatic carbocycles. The molecule has 0 amide bonds. The van der Waals surface area contributed by atoms with Crippen LogP contribution in [0, 0.1) is 0 Å². The van der Waals surface area contributed by atoms with Gasteiger partial charge in [-0.2, -0.15) is 0 Å². The fraction of sp³-hybridized carbons (Fsp3) is 0.462. The van der Waals surface area contributed by atoms with Crippen molar-refractivity contribution in [2.75, 3.05) is 41.3 Å². The highest BCUT2D eigenvalue weighted by Gasteiger charge is 2.54. The number of hydrogen-bond acceptors (Lipinski definition) is 11. The Morgan fingerprint density at radius 1 is 1.19 bits per heavy atom. The molecule has 10 nitrogen and oxygen atoms in total. The van der Waals surface area contributed by atoms with E-state index in [1.165, 1.54) is 40.0 Å². The number of carbonyl (C=O) groups excluding carboxylic acids is 2. The molecule has 2 unspecified atom stereocenters. The smallest absolute Gasteiger partial charge is 0.341 e. The van der Waals surface area contributed by atoms with Crippen LogP contribution in [0.3, 0.4) is 0 Å². The van der Waals surface area contributed by atoms with E-state index in [1.54, 1.807) is 18.2 Å². The molecule has 37 heavy (non-hydrogen) atoms. The van der Waals surface area contributed by atoms with Crippen molar-refractivity contribution in [2.24, 2.45) is 0 Å². The van der Waals surface area contributed by atoms with Gasteiger partial charge in [0, 0.05) is 54.5 Å². The molecule has 1 fully saturated rings. The maximum absolute atomic E-state index is 13.6. The SMILES string of the molecule is COCOc1cc(OC)c(OC(C)=O)c2c1C1COC(=O)[C@]3(NCCc4cc(O)c(OC)cc43)SC1C2. The molecule has 1 aliphatic carbocycles. The molecule has 0 aromatic heterocycles. The second kappa shape index (κ2) is 9.96. The predicted molar refractivity (Wildman–Crippen MR) is 134 cm³/mol. The van der Waals surface area contributed by atoms with E-state index in [0.29, 0.717) is 42.2 Å². The molecule has 11 heteroatoms. The van der Waals surface area contributed by atoms with Crippen molar-refractivity contribution in [1.82, 2.24) is 5.32 Å². The van der Waals surface area contributed by atoms with E-state index in [2.05, 4.69) is 5.32 Å². The zero-order chi connectivity index (χ0) is 26.3. The molecule has 2 aromatic rings. The van der Waals surface area contributed by atoms with Crippen molar-refractivity contribution < 1.29 is 43.1 Å². The first-order chi connectivity index (χ1) is 17.8. The normalized spacial score (nSPS) is 23.8. The molecule has 2 aliphatic heterocycles. The molecule has 0 bridgehead atoms. The molecule has 198 valence electrons. The highest BCUT2D eigenvalue weighted by atomic mass is 32.2. The van der Waals surface area contributed by atoms with Crippen molar-refractivity contribution in [2.45, 2.75) is 35.8 Å². The summed E-state index contributed by atoms with van der Waals surface area (Å²) in [5.41, 5.74) is 3.13. The molecule has 2 N–H and O–H groups in total. The molecule has 3 atom stereocenters. The summed E-state index contributed by atoms with van der Waals surface area (Å²) in [7, 11) is 4.50. The Bertz CT molecular complexity index is 1250. The van der Waals surface area contributed by atoms with E-state index in [9.17, 15) is 14.7 Å². The molecule has 5 rings (SSSR count). The minimum atomic E-state index is -1.20. The van der Waals surface area contributed by atoms with Crippen LogP contribution in [0.1, 0.15) is 35.1 Å². The van der Waals surface area contributed by atoms with Crippen LogP contribution in [0.5, 0.6) is 28.7 Å². The third kappa shape index (κ3) is 4.24. The van der Waals surface area contributed by atoms with Crippen molar-refractivity contribution in [1.29, 1.82) is 0 Å². The molecular weight excluding hydrogens is 502 g/mol. The van der Waals surface area contributed by atoms with E-state index in [0.717, 1.165) is 16.7 Å². The zero-order valence-electron chi connectivity index (χ0n) is 21.0. The summed E-state index contributed by atoms with van der Waals surface area (Å²) in [6, 6.07) is 5.03. The summed E-state index contributed by atoms with van der Waals surface area (Å²) in [6.45, 7) is 1.99. The van der Waals surface area contributed by atoms with Gasteiger partial charge in [-0.3, -0.25) is 10.1 Å². The van der Waals surface area contributed by atoms with Crippen LogP contribution in [0.4, 0.5) is 0 Å². The summed E-state index contributed by atoms with van der Waals surface area (Å²) in [4.78, 5) is 24.4. The highest BCUT2D eigenvalue weighted by molar-refractivity contribution is 8.01.